The third-order valence-electron chi connectivity index (χ3n) is 3.04. The van der Waals surface area contributed by atoms with Crippen molar-refractivity contribution in [2.24, 2.45) is 0 Å². The van der Waals surface area contributed by atoms with Crippen LogP contribution in [0.5, 0.6) is 0 Å². The Labute approximate surface area is 116 Å². The van der Waals surface area contributed by atoms with Crippen molar-refractivity contribution in [2.45, 2.75) is 6.42 Å². The Hall–Kier alpha value is -2.56. The van der Waals surface area contributed by atoms with E-state index >= 15 is 0 Å². The van der Waals surface area contributed by atoms with Gasteiger partial charge in [-0.25, -0.2) is 4.79 Å². The molecule has 104 valence electrons. The molecule has 0 radical (unpaired) electrons. The minimum absolute atomic E-state index is 0.0700. The van der Waals surface area contributed by atoms with Gasteiger partial charge in [0.2, 0.25) is 0 Å². The van der Waals surface area contributed by atoms with E-state index in [0.717, 1.165) is 16.5 Å². The Balaban J connectivity index is 2.12. The molecule has 20 heavy (non-hydrogen) atoms. The molecule has 0 atom stereocenters. The maximum absolute atomic E-state index is 12.0. The maximum atomic E-state index is 12.0. The molecule has 0 saturated carbocycles. The molecule has 0 aliphatic rings. The second-order valence-corrected chi connectivity index (χ2v) is 4.52. The summed E-state index contributed by atoms with van der Waals surface area (Å²) >= 11 is 0. The highest BCUT2D eigenvalue weighted by atomic mass is 16.4. The number of carbonyl (C=O) groups excluding carboxylic acids is 1. The molecule has 0 aromatic heterocycles. The van der Waals surface area contributed by atoms with Crippen molar-refractivity contribution in [3.8, 4) is 0 Å². The number of anilines is 1. The summed E-state index contributed by atoms with van der Waals surface area (Å²) in [6.45, 7) is 0.173. The second kappa shape index (κ2) is 6.06. The first-order chi connectivity index (χ1) is 9.58. The summed E-state index contributed by atoms with van der Waals surface area (Å²) in [6, 6.07) is 13.1. The van der Waals surface area contributed by atoms with Gasteiger partial charge >= 0.3 is 12.0 Å². The fourth-order valence-corrected chi connectivity index (χ4v) is 1.91. The average Bonchev–Trinajstić information content (AvgIpc) is 2.45. The summed E-state index contributed by atoms with van der Waals surface area (Å²) in [6.07, 6.45) is -0.0700. The first kappa shape index (κ1) is 13.9. The summed E-state index contributed by atoms with van der Waals surface area (Å²) in [5.74, 6) is -0.921. The van der Waals surface area contributed by atoms with Crippen LogP contribution in [0.2, 0.25) is 0 Å². The van der Waals surface area contributed by atoms with Crippen molar-refractivity contribution in [1.82, 2.24) is 4.90 Å². The number of nitrogens with one attached hydrogen (secondary N) is 1. The quantitative estimate of drug-likeness (QED) is 0.899. The molecule has 0 aliphatic carbocycles. The van der Waals surface area contributed by atoms with E-state index in [2.05, 4.69) is 5.32 Å². The molecular weight excluding hydrogens is 256 g/mol. The first-order valence-electron chi connectivity index (χ1n) is 6.29. The molecule has 0 saturated heterocycles. The molecular formula is C15H16N2O3. The molecule has 2 rings (SSSR count). The Morgan fingerprint density at radius 1 is 1.15 bits per heavy atom. The standard InChI is InChI=1S/C15H16N2O3/c1-17(10-9-14(18)19)15(20)16-13-8-4-6-11-5-2-3-7-12(11)13/h2-8H,9-10H2,1H3,(H,16,20)(H,18,19). The smallest absolute Gasteiger partial charge is 0.321 e. The second-order valence-electron chi connectivity index (χ2n) is 4.52. The van der Waals surface area contributed by atoms with E-state index in [1.807, 2.05) is 42.5 Å². The number of urea groups is 1. The van der Waals surface area contributed by atoms with Gasteiger partial charge in [0.25, 0.3) is 0 Å². The molecule has 5 nitrogen and oxygen atoms in total. The van der Waals surface area contributed by atoms with Gasteiger partial charge in [-0.05, 0) is 11.5 Å². The van der Waals surface area contributed by atoms with Crippen LogP contribution in [0.25, 0.3) is 10.8 Å². The minimum atomic E-state index is -0.921. The van der Waals surface area contributed by atoms with Crippen molar-refractivity contribution < 1.29 is 14.7 Å². The highest BCUT2D eigenvalue weighted by Gasteiger charge is 2.11. The number of hydrogen-bond acceptors (Lipinski definition) is 2. The van der Waals surface area contributed by atoms with Gasteiger partial charge in [0.1, 0.15) is 0 Å². The number of rotatable bonds is 4. The van der Waals surface area contributed by atoms with Gasteiger partial charge in [-0.1, -0.05) is 36.4 Å². The molecule has 0 unspecified atom stereocenters. The number of benzene rings is 2. The number of carboxylic acid groups (broad SMARTS) is 1. The van der Waals surface area contributed by atoms with Gasteiger partial charge in [0, 0.05) is 19.0 Å². The molecule has 0 fully saturated rings. The van der Waals surface area contributed by atoms with Crippen molar-refractivity contribution in [3.63, 3.8) is 0 Å². The van der Waals surface area contributed by atoms with Gasteiger partial charge < -0.3 is 15.3 Å². The highest BCUT2D eigenvalue weighted by molar-refractivity contribution is 6.01. The summed E-state index contributed by atoms with van der Waals surface area (Å²) in [7, 11) is 1.57. The van der Waals surface area contributed by atoms with Gasteiger partial charge in [0.05, 0.1) is 12.1 Å². The lowest BCUT2D eigenvalue weighted by Gasteiger charge is -2.17. The Morgan fingerprint density at radius 3 is 2.60 bits per heavy atom. The fraction of sp³-hybridized carbons (Fsp3) is 0.200. The molecule has 0 bridgehead atoms. The summed E-state index contributed by atoms with van der Waals surface area (Å²) < 4.78 is 0. The van der Waals surface area contributed by atoms with Crippen molar-refractivity contribution in [2.75, 3.05) is 18.9 Å². The molecule has 2 N–H and O–H groups in total. The van der Waals surface area contributed by atoms with E-state index in [-0.39, 0.29) is 19.0 Å². The monoisotopic (exact) mass is 272 g/mol. The van der Waals surface area contributed by atoms with Gasteiger partial charge in [0.15, 0.2) is 0 Å². The number of nitrogens with zero attached hydrogens (tertiary/aromatic N) is 1. The summed E-state index contributed by atoms with van der Waals surface area (Å²) in [5.41, 5.74) is 0.718. The lowest BCUT2D eigenvalue weighted by molar-refractivity contribution is -0.137. The largest absolute Gasteiger partial charge is 0.481 e. The predicted octanol–water partition coefficient (Wildman–Crippen LogP) is 2.78. The lowest BCUT2D eigenvalue weighted by atomic mass is 10.1. The number of aliphatic carboxylic acids is 1. The van der Waals surface area contributed by atoms with E-state index in [0.29, 0.717) is 0 Å². The van der Waals surface area contributed by atoms with E-state index in [1.165, 1.54) is 4.90 Å². The predicted molar refractivity (Wildman–Crippen MR) is 77.8 cm³/mol. The van der Waals surface area contributed by atoms with Crippen molar-refractivity contribution in [1.29, 1.82) is 0 Å². The van der Waals surface area contributed by atoms with Crippen LogP contribution in [-0.2, 0) is 4.79 Å². The van der Waals surface area contributed by atoms with Crippen LogP contribution in [0.4, 0.5) is 10.5 Å². The lowest BCUT2D eigenvalue weighted by Crippen LogP contribution is -2.33. The molecule has 2 aromatic rings. The zero-order chi connectivity index (χ0) is 14.5. The van der Waals surface area contributed by atoms with Crippen molar-refractivity contribution in [3.05, 3.63) is 42.5 Å². The summed E-state index contributed by atoms with van der Waals surface area (Å²) in [5, 5.41) is 13.4. The maximum Gasteiger partial charge on any atom is 0.321 e. The van der Waals surface area contributed by atoms with Gasteiger partial charge in [-0.2, -0.15) is 0 Å². The van der Waals surface area contributed by atoms with Crippen LogP contribution < -0.4 is 5.32 Å². The van der Waals surface area contributed by atoms with E-state index in [4.69, 9.17) is 5.11 Å². The minimum Gasteiger partial charge on any atom is -0.481 e. The van der Waals surface area contributed by atoms with Crippen LogP contribution in [-0.4, -0.2) is 35.6 Å². The number of hydrogen-bond donors (Lipinski definition) is 2. The van der Waals surface area contributed by atoms with Gasteiger partial charge in [-0.3, -0.25) is 4.79 Å². The van der Waals surface area contributed by atoms with Crippen LogP contribution >= 0.6 is 0 Å². The Morgan fingerprint density at radius 2 is 1.85 bits per heavy atom. The van der Waals surface area contributed by atoms with Crippen molar-refractivity contribution >= 4 is 28.5 Å². The number of amides is 2. The van der Waals surface area contributed by atoms with Crippen LogP contribution in [0.3, 0.4) is 0 Å². The Bertz CT molecular complexity index is 635. The first-order valence-corrected chi connectivity index (χ1v) is 6.29. The molecule has 2 amide bonds. The third kappa shape index (κ3) is 3.26. The molecule has 0 aliphatic heterocycles. The van der Waals surface area contributed by atoms with Gasteiger partial charge in [-0.15, -0.1) is 0 Å². The van der Waals surface area contributed by atoms with E-state index in [1.54, 1.807) is 7.05 Å². The van der Waals surface area contributed by atoms with E-state index in [9.17, 15) is 9.59 Å². The summed E-state index contributed by atoms with van der Waals surface area (Å²) in [4.78, 5) is 23.8. The molecule has 0 spiro atoms. The number of fused-ring (bicyclic) bond motifs is 1. The molecule has 2 aromatic carbocycles. The SMILES string of the molecule is CN(CCC(=O)O)C(=O)Nc1cccc2ccccc12. The topological polar surface area (TPSA) is 69.6 Å². The molecule has 5 heteroatoms. The fourth-order valence-electron chi connectivity index (χ4n) is 1.91. The third-order valence-corrected chi connectivity index (χ3v) is 3.04. The number of carboxylic acids is 1. The molecule has 0 heterocycles. The number of carbonyl (C=O) groups is 2. The zero-order valence-electron chi connectivity index (χ0n) is 11.2. The normalized spacial score (nSPS) is 10.2. The van der Waals surface area contributed by atoms with Crippen LogP contribution in [0.1, 0.15) is 6.42 Å². The zero-order valence-corrected chi connectivity index (χ0v) is 11.2. The Kier molecular flexibility index (Phi) is 4.20. The van der Waals surface area contributed by atoms with Crippen LogP contribution in [0, 0.1) is 0 Å². The van der Waals surface area contributed by atoms with E-state index < -0.39 is 5.97 Å². The average molecular weight is 272 g/mol. The highest BCUT2D eigenvalue weighted by Crippen LogP contribution is 2.23. The van der Waals surface area contributed by atoms with Crippen LogP contribution in [0.15, 0.2) is 42.5 Å².